The molecule has 1 N–H and O–H groups in total. The molecule has 0 atom stereocenters. The molecule has 6 nitrogen and oxygen atoms in total. The third-order valence-corrected chi connectivity index (χ3v) is 4.85. The molecule has 0 saturated carbocycles. The number of carboxylic acid groups (broad SMARTS) is 1. The minimum Gasteiger partial charge on any atom is -0.497 e. The first-order chi connectivity index (χ1) is 13.3. The lowest BCUT2D eigenvalue weighted by Crippen LogP contribution is -2.35. The van der Waals surface area contributed by atoms with Crippen molar-refractivity contribution in [1.29, 1.82) is 0 Å². The summed E-state index contributed by atoms with van der Waals surface area (Å²) in [6.07, 6.45) is 0.0522. The van der Waals surface area contributed by atoms with Crippen LogP contribution in [0.4, 0.5) is 0 Å². The predicted molar refractivity (Wildman–Crippen MR) is 103 cm³/mol. The Labute approximate surface area is 161 Å². The Morgan fingerprint density at radius 1 is 1.21 bits per heavy atom. The van der Waals surface area contributed by atoms with Crippen molar-refractivity contribution in [2.24, 2.45) is 0 Å². The zero-order valence-corrected chi connectivity index (χ0v) is 15.9. The SMILES string of the molecule is COc1ccc(-c2oc3cc4c(cc3c2CC(=O)O)C(=O)CC(C)(C)O4)cc1. The maximum Gasteiger partial charge on any atom is 0.307 e. The highest BCUT2D eigenvalue weighted by Crippen LogP contribution is 2.41. The molecule has 2 aromatic carbocycles. The Morgan fingerprint density at radius 3 is 2.57 bits per heavy atom. The molecule has 1 aliphatic rings. The fourth-order valence-corrected chi connectivity index (χ4v) is 3.60. The highest BCUT2D eigenvalue weighted by atomic mass is 16.5. The molecule has 0 amide bonds. The van der Waals surface area contributed by atoms with Gasteiger partial charge >= 0.3 is 5.97 Å². The summed E-state index contributed by atoms with van der Waals surface area (Å²) < 4.78 is 17.2. The highest BCUT2D eigenvalue weighted by Gasteiger charge is 2.34. The second kappa shape index (κ2) is 6.41. The minimum absolute atomic E-state index is 0.0263. The van der Waals surface area contributed by atoms with E-state index in [1.165, 1.54) is 0 Å². The number of carbonyl (C=O) groups is 2. The number of Topliss-reactive ketones (excluding diaryl/α,β-unsaturated/α-hetero) is 1. The van der Waals surface area contributed by atoms with E-state index in [1.807, 2.05) is 26.0 Å². The van der Waals surface area contributed by atoms with Crippen molar-refractivity contribution in [2.45, 2.75) is 32.3 Å². The predicted octanol–water partition coefficient (Wildman–Crippen LogP) is 4.48. The van der Waals surface area contributed by atoms with Gasteiger partial charge in [0.05, 0.1) is 25.5 Å². The number of methoxy groups -OCH3 is 1. The molecule has 28 heavy (non-hydrogen) atoms. The Morgan fingerprint density at radius 2 is 1.93 bits per heavy atom. The van der Waals surface area contributed by atoms with Crippen molar-refractivity contribution in [3.05, 3.63) is 47.5 Å². The third-order valence-electron chi connectivity index (χ3n) is 4.85. The van der Waals surface area contributed by atoms with Crippen LogP contribution in [0.5, 0.6) is 11.5 Å². The van der Waals surface area contributed by atoms with Gasteiger partial charge in [-0.1, -0.05) is 0 Å². The van der Waals surface area contributed by atoms with Crippen LogP contribution in [0.25, 0.3) is 22.3 Å². The first-order valence-corrected chi connectivity index (χ1v) is 8.95. The first kappa shape index (κ1) is 18.1. The van der Waals surface area contributed by atoms with Crippen molar-refractivity contribution in [3.63, 3.8) is 0 Å². The monoisotopic (exact) mass is 380 g/mol. The summed E-state index contributed by atoms with van der Waals surface area (Å²) in [5.41, 5.74) is 1.63. The average molecular weight is 380 g/mol. The topological polar surface area (TPSA) is 86.0 Å². The Bertz CT molecular complexity index is 1090. The number of rotatable bonds is 4. The third kappa shape index (κ3) is 3.11. The molecule has 1 aromatic heterocycles. The van der Waals surface area contributed by atoms with Crippen LogP contribution in [0, 0.1) is 0 Å². The molecule has 0 spiro atoms. The van der Waals surface area contributed by atoms with Gasteiger partial charge in [0.25, 0.3) is 0 Å². The molecule has 0 unspecified atom stereocenters. The smallest absolute Gasteiger partial charge is 0.307 e. The zero-order valence-electron chi connectivity index (χ0n) is 15.9. The quantitative estimate of drug-likeness (QED) is 0.718. The summed E-state index contributed by atoms with van der Waals surface area (Å²) in [6, 6.07) is 10.6. The van der Waals surface area contributed by atoms with Gasteiger partial charge < -0.3 is 19.0 Å². The molecule has 0 saturated heterocycles. The first-order valence-electron chi connectivity index (χ1n) is 8.95. The van der Waals surface area contributed by atoms with Crippen LogP contribution in [0.3, 0.4) is 0 Å². The molecular formula is C22H20O6. The molecule has 2 heterocycles. The average Bonchev–Trinajstić information content (AvgIpc) is 2.96. The van der Waals surface area contributed by atoms with Crippen molar-refractivity contribution < 1.29 is 28.6 Å². The van der Waals surface area contributed by atoms with Gasteiger partial charge in [-0.2, -0.15) is 0 Å². The van der Waals surface area contributed by atoms with Gasteiger partial charge in [0.2, 0.25) is 0 Å². The van der Waals surface area contributed by atoms with E-state index >= 15 is 0 Å². The number of furan rings is 1. The van der Waals surface area contributed by atoms with Crippen LogP contribution < -0.4 is 9.47 Å². The second-order valence-electron chi connectivity index (χ2n) is 7.51. The molecule has 6 heteroatoms. The molecule has 0 radical (unpaired) electrons. The van der Waals surface area contributed by atoms with Gasteiger partial charge in [-0.25, -0.2) is 0 Å². The number of fused-ring (bicyclic) bond motifs is 2. The van der Waals surface area contributed by atoms with Crippen molar-refractivity contribution in [1.82, 2.24) is 0 Å². The molecular weight excluding hydrogens is 360 g/mol. The minimum atomic E-state index is -0.973. The summed E-state index contributed by atoms with van der Waals surface area (Å²) >= 11 is 0. The summed E-state index contributed by atoms with van der Waals surface area (Å²) in [6.45, 7) is 3.72. The molecule has 1 aliphatic heterocycles. The van der Waals surface area contributed by atoms with Gasteiger partial charge in [0.1, 0.15) is 28.4 Å². The number of aliphatic carboxylic acids is 1. The van der Waals surface area contributed by atoms with Crippen LogP contribution in [0.1, 0.15) is 36.2 Å². The van der Waals surface area contributed by atoms with Gasteiger partial charge in [-0.05, 0) is 44.2 Å². The number of hydrogen-bond acceptors (Lipinski definition) is 5. The summed E-state index contributed by atoms with van der Waals surface area (Å²) in [7, 11) is 1.58. The number of ketones is 1. The number of benzene rings is 2. The number of carbonyl (C=O) groups excluding carboxylic acids is 1. The lowest BCUT2D eigenvalue weighted by atomic mass is 9.91. The standard InChI is InChI=1S/C22H20O6/c1-22(2)11-17(23)16-8-14-15(9-20(24)25)21(27-18(14)10-19(16)28-22)12-4-6-13(26-3)7-5-12/h4-8,10H,9,11H2,1-3H3,(H,24,25). The molecule has 0 aliphatic carbocycles. The van der Waals surface area contributed by atoms with Gasteiger partial charge in [0, 0.05) is 22.6 Å². The van der Waals surface area contributed by atoms with Crippen LogP contribution in [0.2, 0.25) is 0 Å². The number of hydrogen-bond donors (Lipinski definition) is 1. The highest BCUT2D eigenvalue weighted by molar-refractivity contribution is 6.05. The van der Waals surface area contributed by atoms with Crippen molar-refractivity contribution >= 4 is 22.7 Å². The van der Waals surface area contributed by atoms with Gasteiger partial charge in [-0.3, -0.25) is 9.59 Å². The second-order valence-corrected chi connectivity index (χ2v) is 7.51. The van der Waals surface area contributed by atoms with E-state index in [1.54, 1.807) is 31.4 Å². The van der Waals surface area contributed by atoms with E-state index in [0.717, 1.165) is 5.56 Å². The van der Waals surface area contributed by atoms with E-state index in [0.29, 0.717) is 39.4 Å². The van der Waals surface area contributed by atoms with E-state index in [4.69, 9.17) is 13.9 Å². The van der Waals surface area contributed by atoms with Crippen LogP contribution in [-0.2, 0) is 11.2 Å². The Hall–Kier alpha value is -3.28. The molecule has 0 bridgehead atoms. The fourth-order valence-electron chi connectivity index (χ4n) is 3.60. The van der Waals surface area contributed by atoms with Crippen molar-refractivity contribution in [2.75, 3.05) is 7.11 Å². The van der Waals surface area contributed by atoms with Gasteiger partial charge in [0.15, 0.2) is 5.78 Å². The Balaban J connectivity index is 1.92. The van der Waals surface area contributed by atoms with Crippen LogP contribution in [-0.4, -0.2) is 29.6 Å². The van der Waals surface area contributed by atoms with Crippen molar-refractivity contribution in [3.8, 4) is 22.8 Å². The number of carboxylic acids is 1. The zero-order chi connectivity index (χ0) is 20.1. The maximum atomic E-state index is 12.6. The van der Waals surface area contributed by atoms with E-state index in [9.17, 15) is 14.7 Å². The van der Waals surface area contributed by atoms with Crippen LogP contribution >= 0.6 is 0 Å². The summed E-state index contributed by atoms with van der Waals surface area (Å²) in [5.74, 6) is 0.622. The largest absolute Gasteiger partial charge is 0.497 e. The molecule has 144 valence electrons. The number of ether oxygens (including phenoxy) is 2. The van der Waals surface area contributed by atoms with E-state index < -0.39 is 11.6 Å². The molecule has 4 rings (SSSR count). The Kier molecular flexibility index (Phi) is 4.14. The molecule has 3 aromatic rings. The lowest BCUT2D eigenvalue weighted by Gasteiger charge is -2.31. The summed E-state index contributed by atoms with van der Waals surface area (Å²) in [4.78, 5) is 24.1. The van der Waals surface area contributed by atoms with Gasteiger partial charge in [-0.15, -0.1) is 0 Å². The lowest BCUT2D eigenvalue weighted by molar-refractivity contribution is -0.136. The molecule has 0 fully saturated rings. The maximum absolute atomic E-state index is 12.6. The van der Waals surface area contributed by atoms with E-state index in [2.05, 4.69) is 0 Å². The van der Waals surface area contributed by atoms with E-state index in [-0.39, 0.29) is 18.6 Å². The normalized spacial score (nSPS) is 15.2. The fraction of sp³-hybridized carbons (Fsp3) is 0.273. The van der Waals surface area contributed by atoms with Crippen LogP contribution in [0.15, 0.2) is 40.8 Å². The summed E-state index contributed by atoms with van der Waals surface area (Å²) in [5, 5.41) is 10.0.